The van der Waals surface area contributed by atoms with Crippen molar-refractivity contribution < 1.29 is 34.2 Å². The first-order valence-corrected chi connectivity index (χ1v) is 9.62. The zero-order chi connectivity index (χ0) is 23.6. The molecule has 1 aromatic rings. The van der Waals surface area contributed by atoms with Crippen LogP contribution < -0.4 is 21.7 Å². The maximum absolute atomic E-state index is 12.4. The van der Waals surface area contributed by atoms with Crippen molar-refractivity contribution in [2.75, 3.05) is 6.54 Å². The third kappa shape index (κ3) is 9.26. The molecular formula is C20H28N4O7. The van der Waals surface area contributed by atoms with E-state index in [2.05, 4.69) is 16.0 Å². The Balaban J connectivity index is 2.60. The van der Waals surface area contributed by atoms with Crippen molar-refractivity contribution in [3.8, 4) is 0 Å². The molecule has 31 heavy (non-hydrogen) atoms. The Labute approximate surface area is 179 Å². The molecule has 0 aliphatic heterocycles. The lowest BCUT2D eigenvalue weighted by atomic mass is 10.0. The van der Waals surface area contributed by atoms with Gasteiger partial charge in [0.05, 0.1) is 19.0 Å². The number of nitrogens with two attached hydrogens (primary N) is 1. The molecule has 0 fully saturated rings. The number of benzene rings is 1. The summed E-state index contributed by atoms with van der Waals surface area (Å²) >= 11 is 0. The summed E-state index contributed by atoms with van der Waals surface area (Å²) in [6, 6.07) is 5.47. The van der Waals surface area contributed by atoms with E-state index in [0.717, 1.165) is 5.56 Å². The molecular weight excluding hydrogens is 408 g/mol. The Morgan fingerprint density at radius 2 is 1.58 bits per heavy atom. The van der Waals surface area contributed by atoms with Crippen LogP contribution in [-0.2, 0) is 30.4 Å². The van der Waals surface area contributed by atoms with E-state index in [1.807, 2.05) is 30.3 Å². The van der Waals surface area contributed by atoms with E-state index in [-0.39, 0.29) is 6.42 Å². The summed E-state index contributed by atoms with van der Waals surface area (Å²) in [4.78, 5) is 58.6. The van der Waals surface area contributed by atoms with E-state index in [1.165, 1.54) is 0 Å². The second-order valence-electron chi connectivity index (χ2n) is 7.30. The number of hydrogen-bond acceptors (Lipinski definition) is 6. The van der Waals surface area contributed by atoms with Gasteiger partial charge in [-0.15, -0.1) is 0 Å². The molecule has 1 rings (SSSR count). The van der Waals surface area contributed by atoms with E-state index >= 15 is 0 Å². The number of amides is 3. The predicted octanol–water partition coefficient (Wildman–Crippen LogP) is -1.14. The number of carbonyl (C=O) groups is 5. The van der Waals surface area contributed by atoms with Crippen LogP contribution in [0.2, 0.25) is 0 Å². The molecule has 0 radical (unpaired) electrons. The van der Waals surface area contributed by atoms with Gasteiger partial charge in [-0.05, 0) is 17.9 Å². The molecule has 7 N–H and O–H groups in total. The summed E-state index contributed by atoms with van der Waals surface area (Å²) in [6.07, 6.45) is -0.527. The van der Waals surface area contributed by atoms with Gasteiger partial charge >= 0.3 is 11.9 Å². The maximum atomic E-state index is 12.4. The van der Waals surface area contributed by atoms with Crippen molar-refractivity contribution in [3.05, 3.63) is 35.9 Å². The third-order valence-corrected chi connectivity index (χ3v) is 4.32. The molecule has 0 heterocycles. The zero-order valence-electron chi connectivity index (χ0n) is 17.3. The average molecular weight is 436 g/mol. The van der Waals surface area contributed by atoms with Crippen molar-refractivity contribution in [1.82, 2.24) is 16.0 Å². The lowest BCUT2D eigenvalue weighted by molar-refractivity contribution is -0.147. The third-order valence-electron chi connectivity index (χ3n) is 4.32. The van der Waals surface area contributed by atoms with Gasteiger partial charge in [-0.3, -0.25) is 19.2 Å². The number of aliphatic carboxylic acids is 2. The van der Waals surface area contributed by atoms with Crippen LogP contribution >= 0.6 is 0 Å². The molecule has 1 aromatic carbocycles. The SMILES string of the molecule is CC(C)C(NC(=O)CNC(=O)C(N)Cc1ccccc1)C(=O)NC(CC(=O)O)C(=O)O. The van der Waals surface area contributed by atoms with Gasteiger partial charge < -0.3 is 31.9 Å². The van der Waals surface area contributed by atoms with Crippen molar-refractivity contribution in [1.29, 1.82) is 0 Å². The Hall–Kier alpha value is -3.47. The molecule has 3 atom stereocenters. The number of carbonyl (C=O) groups excluding carboxylic acids is 3. The first kappa shape index (κ1) is 25.6. The van der Waals surface area contributed by atoms with Gasteiger partial charge in [0, 0.05) is 0 Å². The minimum Gasteiger partial charge on any atom is -0.481 e. The van der Waals surface area contributed by atoms with Gasteiger partial charge in [0.25, 0.3) is 0 Å². The van der Waals surface area contributed by atoms with Gasteiger partial charge in [0.2, 0.25) is 17.7 Å². The van der Waals surface area contributed by atoms with Crippen LogP contribution in [0.1, 0.15) is 25.8 Å². The van der Waals surface area contributed by atoms with Crippen molar-refractivity contribution >= 4 is 29.7 Å². The Bertz CT molecular complexity index is 798. The smallest absolute Gasteiger partial charge is 0.326 e. The largest absolute Gasteiger partial charge is 0.481 e. The quantitative estimate of drug-likeness (QED) is 0.237. The van der Waals surface area contributed by atoms with Crippen LogP contribution in [0.3, 0.4) is 0 Å². The lowest BCUT2D eigenvalue weighted by Crippen LogP contribution is -2.55. The van der Waals surface area contributed by atoms with Gasteiger partial charge in [0.1, 0.15) is 12.1 Å². The molecule has 0 bridgehead atoms. The number of hydrogen-bond donors (Lipinski definition) is 6. The maximum Gasteiger partial charge on any atom is 0.326 e. The fourth-order valence-corrected chi connectivity index (χ4v) is 2.65. The van der Waals surface area contributed by atoms with Crippen LogP contribution in [0, 0.1) is 5.92 Å². The topological polar surface area (TPSA) is 188 Å². The van der Waals surface area contributed by atoms with E-state index < -0.39 is 66.7 Å². The van der Waals surface area contributed by atoms with Crippen molar-refractivity contribution in [2.45, 2.75) is 44.8 Å². The van der Waals surface area contributed by atoms with Gasteiger partial charge in [-0.1, -0.05) is 44.2 Å². The molecule has 0 aromatic heterocycles. The summed E-state index contributed by atoms with van der Waals surface area (Å²) in [6.45, 7) is 2.80. The molecule has 170 valence electrons. The zero-order valence-corrected chi connectivity index (χ0v) is 17.3. The normalized spacial score (nSPS) is 13.5. The summed E-state index contributed by atoms with van der Waals surface area (Å²) in [5.74, 6) is -5.41. The van der Waals surface area contributed by atoms with Gasteiger partial charge in [0.15, 0.2) is 0 Å². The van der Waals surface area contributed by atoms with E-state index in [4.69, 9.17) is 15.9 Å². The van der Waals surface area contributed by atoms with Crippen LogP contribution in [-0.4, -0.2) is 64.5 Å². The first-order valence-electron chi connectivity index (χ1n) is 9.62. The summed E-state index contributed by atoms with van der Waals surface area (Å²) in [7, 11) is 0. The van der Waals surface area contributed by atoms with Crippen LogP contribution in [0.15, 0.2) is 30.3 Å². The highest BCUT2D eigenvalue weighted by Crippen LogP contribution is 2.04. The first-order chi connectivity index (χ1) is 14.5. The number of rotatable bonds is 12. The van der Waals surface area contributed by atoms with E-state index in [1.54, 1.807) is 13.8 Å². The van der Waals surface area contributed by atoms with Crippen LogP contribution in [0.25, 0.3) is 0 Å². The Kier molecular flexibility index (Phi) is 10.1. The minimum absolute atomic E-state index is 0.283. The Morgan fingerprint density at radius 1 is 0.968 bits per heavy atom. The van der Waals surface area contributed by atoms with Crippen LogP contribution in [0.5, 0.6) is 0 Å². The molecule has 0 saturated carbocycles. The van der Waals surface area contributed by atoms with E-state index in [0.29, 0.717) is 0 Å². The number of carboxylic acid groups (broad SMARTS) is 2. The molecule has 0 aliphatic rings. The second-order valence-corrected chi connectivity index (χ2v) is 7.30. The molecule has 0 spiro atoms. The molecule has 11 nitrogen and oxygen atoms in total. The monoisotopic (exact) mass is 436 g/mol. The van der Waals surface area contributed by atoms with Gasteiger partial charge in [-0.25, -0.2) is 4.79 Å². The molecule has 3 amide bonds. The fourth-order valence-electron chi connectivity index (χ4n) is 2.65. The predicted molar refractivity (Wildman–Crippen MR) is 110 cm³/mol. The average Bonchev–Trinajstić information content (AvgIpc) is 2.69. The van der Waals surface area contributed by atoms with Gasteiger partial charge in [-0.2, -0.15) is 0 Å². The highest BCUT2D eigenvalue weighted by Gasteiger charge is 2.30. The summed E-state index contributed by atoms with van der Waals surface area (Å²) in [5.41, 5.74) is 6.71. The minimum atomic E-state index is -1.64. The second kappa shape index (κ2) is 12.3. The summed E-state index contributed by atoms with van der Waals surface area (Å²) in [5, 5.41) is 24.7. The van der Waals surface area contributed by atoms with E-state index in [9.17, 15) is 24.0 Å². The fraction of sp³-hybridized carbons (Fsp3) is 0.450. The van der Waals surface area contributed by atoms with Crippen molar-refractivity contribution in [3.63, 3.8) is 0 Å². The molecule has 0 saturated heterocycles. The number of nitrogens with one attached hydrogen (secondary N) is 3. The Morgan fingerprint density at radius 3 is 2.10 bits per heavy atom. The van der Waals surface area contributed by atoms with Crippen LogP contribution in [0.4, 0.5) is 0 Å². The highest BCUT2D eigenvalue weighted by molar-refractivity contribution is 5.93. The van der Waals surface area contributed by atoms with Crippen molar-refractivity contribution in [2.24, 2.45) is 11.7 Å². The lowest BCUT2D eigenvalue weighted by Gasteiger charge is -2.23. The molecule has 3 unspecified atom stereocenters. The molecule has 0 aliphatic carbocycles. The summed E-state index contributed by atoms with van der Waals surface area (Å²) < 4.78 is 0. The molecule has 11 heteroatoms. The highest BCUT2D eigenvalue weighted by atomic mass is 16.4. The standard InChI is InChI=1S/C20H28N4O7/c1-11(2)17(19(29)23-14(20(30)31)9-16(26)27)24-15(25)10-22-18(28)13(21)8-12-6-4-3-5-7-12/h3-7,11,13-14,17H,8-10,21H2,1-2H3,(H,22,28)(H,23,29)(H,24,25)(H,26,27)(H,30,31). The number of carboxylic acids is 2.